The Morgan fingerprint density at radius 1 is 1.26 bits per heavy atom. The number of nitrogens with zero attached hydrogens (tertiary/aromatic N) is 3. The summed E-state index contributed by atoms with van der Waals surface area (Å²) in [6.07, 6.45) is 2.61. The Balaban J connectivity index is 0.00000264. The van der Waals surface area contributed by atoms with Gasteiger partial charge in [0.25, 0.3) is 0 Å². The van der Waals surface area contributed by atoms with Crippen molar-refractivity contribution in [3.63, 3.8) is 0 Å². The average molecular weight is 435 g/mol. The van der Waals surface area contributed by atoms with Gasteiger partial charge in [-0.2, -0.15) is 8.78 Å². The zero-order chi connectivity index (χ0) is 15.9. The van der Waals surface area contributed by atoms with E-state index in [0.717, 1.165) is 10.1 Å². The van der Waals surface area contributed by atoms with Crippen LogP contribution in [-0.2, 0) is 13.1 Å². The molecule has 0 atom stereocenters. The highest BCUT2D eigenvalue weighted by atomic mass is 127. The zero-order valence-electron chi connectivity index (χ0n) is 13.0. The summed E-state index contributed by atoms with van der Waals surface area (Å²) >= 11 is 0. The van der Waals surface area contributed by atoms with Gasteiger partial charge in [-0.05, 0) is 18.1 Å². The highest BCUT2D eigenvalue weighted by Gasteiger charge is 2.11. The lowest BCUT2D eigenvalue weighted by Crippen LogP contribution is -2.37. The van der Waals surface area contributed by atoms with Gasteiger partial charge in [-0.3, -0.25) is 9.56 Å². The normalized spacial score (nSPS) is 11.3. The third-order valence-corrected chi connectivity index (χ3v) is 3.30. The third kappa shape index (κ3) is 5.45. The van der Waals surface area contributed by atoms with Gasteiger partial charge in [0.1, 0.15) is 5.82 Å². The molecule has 1 aromatic carbocycles. The Morgan fingerprint density at radius 3 is 2.61 bits per heavy atom. The molecule has 0 saturated carbocycles. The first-order chi connectivity index (χ1) is 10.6. The van der Waals surface area contributed by atoms with Gasteiger partial charge in [-0.25, -0.2) is 4.98 Å². The molecule has 1 heterocycles. The predicted molar refractivity (Wildman–Crippen MR) is 97.1 cm³/mol. The van der Waals surface area contributed by atoms with Crippen molar-refractivity contribution < 1.29 is 8.78 Å². The Hall–Kier alpha value is -1.71. The summed E-state index contributed by atoms with van der Waals surface area (Å²) in [5.74, 6) is 0.793. The zero-order valence-corrected chi connectivity index (χ0v) is 15.3. The lowest BCUT2D eigenvalue weighted by Gasteiger charge is -2.13. The largest absolute Gasteiger partial charge is 0.352 e. The van der Waals surface area contributed by atoms with Crippen LogP contribution in [0.25, 0.3) is 0 Å². The average Bonchev–Trinajstić information content (AvgIpc) is 2.98. The minimum atomic E-state index is -2.60. The number of halogens is 3. The van der Waals surface area contributed by atoms with E-state index in [4.69, 9.17) is 0 Å². The maximum absolute atomic E-state index is 12.7. The summed E-state index contributed by atoms with van der Waals surface area (Å²) in [6, 6.07) is 8.02. The van der Waals surface area contributed by atoms with Crippen LogP contribution in [0.1, 0.15) is 23.5 Å². The number of imidazole rings is 1. The van der Waals surface area contributed by atoms with Gasteiger partial charge >= 0.3 is 6.55 Å². The molecule has 0 saturated heterocycles. The quantitative estimate of drug-likeness (QED) is 0.432. The van der Waals surface area contributed by atoms with Gasteiger partial charge in [-0.1, -0.05) is 24.3 Å². The number of guanidine groups is 1. The number of aliphatic imine (C=N–C) groups is 1. The molecular formula is C15H20F2IN5. The van der Waals surface area contributed by atoms with Crippen molar-refractivity contribution in [1.29, 1.82) is 0 Å². The first-order valence-electron chi connectivity index (χ1n) is 6.90. The molecule has 0 unspecified atom stereocenters. The Labute approximate surface area is 151 Å². The molecule has 0 amide bonds. The Kier molecular flexibility index (Phi) is 7.93. The van der Waals surface area contributed by atoms with Crippen LogP contribution in [-0.4, -0.2) is 22.6 Å². The SMILES string of the molecule is CN=C(NCc1ccccc1C)NCc1nccn1C(F)F.I. The van der Waals surface area contributed by atoms with E-state index < -0.39 is 6.55 Å². The molecule has 0 aliphatic carbocycles. The monoisotopic (exact) mass is 435 g/mol. The number of benzene rings is 1. The lowest BCUT2D eigenvalue weighted by atomic mass is 10.1. The van der Waals surface area contributed by atoms with E-state index in [2.05, 4.69) is 20.6 Å². The van der Waals surface area contributed by atoms with E-state index >= 15 is 0 Å². The lowest BCUT2D eigenvalue weighted by molar-refractivity contribution is 0.0668. The summed E-state index contributed by atoms with van der Waals surface area (Å²) in [5.41, 5.74) is 2.33. The fourth-order valence-electron chi connectivity index (χ4n) is 2.03. The standard InChI is InChI=1S/C15H19F2N5.HI/c1-11-5-3-4-6-12(11)9-20-15(18-2)21-10-13-19-7-8-22(13)14(16)17;/h3-8,14H,9-10H2,1-2H3,(H2,18,20,21);1H. The van der Waals surface area contributed by atoms with Crippen LogP contribution in [0, 0.1) is 6.92 Å². The molecule has 8 heteroatoms. The molecule has 1 aromatic heterocycles. The fraction of sp³-hybridized carbons (Fsp3) is 0.333. The van der Waals surface area contributed by atoms with E-state index in [-0.39, 0.29) is 36.3 Å². The highest BCUT2D eigenvalue weighted by Crippen LogP contribution is 2.12. The maximum atomic E-state index is 12.7. The minimum Gasteiger partial charge on any atom is -0.352 e. The van der Waals surface area contributed by atoms with Gasteiger partial charge in [-0.15, -0.1) is 24.0 Å². The number of rotatable bonds is 5. The van der Waals surface area contributed by atoms with Crippen molar-refractivity contribution in [1.82, 2.24) is 20.2 Å². The van der Waals surface area contributed by atoms with E-state index in [9.17, 15) is 8.78 Å². The molecular weight excluding hydrogens is 415 g/mol. The van der Waals surface area contributed by atoms with Crippen molar-refractivity contribution in [2.75, 3.05) is 7.05 Å². The molecule has 0 radical (unpaired) electrons. The summed E-state index contributed by atoms with van der Waals surface area (Å²) in [6.45, 7) is 0.216. The Bertz CT molecular complexity index is 642. The van der Waals surface area contributed by atoms with Crippen LogP contribution in [0.15, 0.2) is 41.7 Å². The first-order valence-corrected chi connectivity index (χ1v) is 6.90. The maximum Gasteiger partial charge on any atom is 0.319 e. The smallest absolute Gasteiger partial charge is 0.319 e. The van der Waals surface area contributed by atoms with Crippen molar-refractivity contribution >= 4 is 29.9 Å². The molecule has 0 aliphatic heterocycles. The predicted octanol–water partition coefficient (Wildman–Crippen LogP) is 3.07. The van der Waals surface area contributed by atoms with Crippen molar-refractivity contribution in [3.8, 4) is 0 Å². The second-order valence-corrected chi connectivity index (χ2v) is 4.73. The number of hydrogen-bond donors (Lipinski definition) is 2. The molecule has 2 aromatic rings. The molecule has 0 bridgehead atoms. The molecule has 0 spiro atoms. The van der Waals surface area contributed by atoms with Crippen molar-refractivity contribution in [2.45, 2.75) is 26.6 Å². The van der Waals surface area contributed by atoms with Crippen LogP contribution in [0.2, 0.25) is 0 Å². The second kappa shape index (κ2) is 9.43. The van der Waals surface area contributed by atoms with E-state index in [0.29, 0.717) is 12.5 Å². The molecule has 126 valence electrons. The summed E-state index contributed by atoms with van der Waals surface area (Å²) in [5, 5.41) is 6.13. The number of hydrogen-bond acceptors (Lipinski definition) is 2. The minimum absolute atomic E-state index is 0. The topological polar surface area (TPSA) is 54.2 Å². The van der Waals surface area contributed by atoms with Crippen LogP contribution in [0.4, 0.5) is 8.78 Å². The van der Waals surface area contributed by atoms with Crippen molar-refractivity contribution in [3.05, 3.63) is 53.6 Å². The molecule has 0 aliphatic rings. The van der Waals surface area contributed by atoms with Crippen LogP contribution >= 0.6 is 24.0 Å². The number of alkyl halides is 2. The van der Waals surface area contributed by atoms with E-state index in [1.807, 2.05) is 31.2 Å². The van der Waals surface area contributed by atoms with Gasteiger partial charge in [0.15, 0.2) is 5.96 Å². The van der Waals surface area contributed by atoms with Gasteiger partial charge in [0, 0.05) is 26.0 Å². The fourth-order valence-corrected chi connectivity index (χ4v) is 2.03. The molecule has 5 nitrogen and oxygen atoms in total. The van der Waals surface area contributed by atoms with Gasteiger partial charge in [0.05, 0.1) is 6.54 Å². The van der Waals surface area contributed by atoms with E-state index in [1.165, 1.54) is 18.0 Å². The van der Waals surface area contributed by atoms with Crippen LogP contribution in [0.3, 0.4) is 0 Å². The molecule has 23 heavy (non-hydrogen) atoms. The third-order valence-electron chi connectivity index (χ3n) is 3.30. The number of aryl methyl sites for hydroxylation is 1. The van der Waals surface area contributed by atoms with Gasteiger partial charge in [0.2, 0.25) is 0 Å². The number of aromatic nitrogens is 2. The number of nitrogens with one attached hydrogen (secondary N) is 2. The highest BCUT2D eigenvalue weighted by molar-refractivity contribution is 14.0. The van der Waals surface area contributed by atoms with Gasteiger partial charge < -0.3 is 10.6 Å². The van der Waals surface area contributed by atoms with Crippen LogP contribution < -0.4 is 10.6 Å². The van der Waals surface area contributed by atoms with E-state index in [1.54, 1.807) is 7.05 Å². The molecule has 2 rings (SSSR count). The Morgan fingerprint density at radius 2 is 1.96 bits per heavy atom. The van der Waals surface area contributed by atoms with Crippen LogP contribution in [0.5, 0.6) is 0 Å². The second-order valence-electron chi connectivity index (χ2n) is 4.73. The molecule has 2 N–H and O–H groups in total. The summed E-state index contributed by atoms with van der Waals surface area (Å²) in [4.78, 5) is 7.99. The molecule has 0 fully saturated rings. The van der Waals surface area contributed by atoms with Crippen molar-refractivity contribution in [2.24, 2.45) is 4.99 Å². The first kappa shape index (κ1) is 19.3. The summed E-state index contributed by atoms with van der Waals surface area (Å²) in [7, 11) is 1.63. The summed E-state index contributed by atoms with van der Waals surface area (Å²) < 4.78 is 26.3.